The summed E-state index contributed by atoms with van der Waals surface area (Å²) in [6, 6.07) is 8.52. The molecule has 7 heteroatoms. The highest BCUT2D eigenvalue weighted by Gasteiger charge is 2.18. The first-order valence-corrected chi connectivity index (χ1v) is 7.93. The predicted molar refractivity (Wildman–Crippen MR) is 91.6 cm³/mol. The number of nitrogens with zero attached hydrogens (tertiary/aromatic N) is 1. The summed E-state index contributed by atoms with van der Waals surface area (Å²) in [4.78, 5) is 16.6. The molecule has 1 aliphatic heterocycles. The fourth-order valence-corrected chi connectivity index (χ4v) is 2.46. The zero-order valence-corrected chi connectivity index (χ0v) is 14.2. The van der Waals surface area contributed by atoms with Gasteiger partial charge < -0.3 is 24.3 Å². The van der Waals surface area contributed by atoms with Gasteiger partial charge in [-0.15, -0.1) is 0 Å². The number of hydrogen-bond donors (Lipinski definition) is 1. The molecule has 1 unspecified atom stereocenters. The summed E-state index contributed by atoms with van der Waals surface area (Å²) in [5.74, 6) is 1.36. The molecule has 0 aliphatic carbocycles. The number of hydrogen-bond acceptors (Lipinski definition) is 6. The molecule has 1 atom stereocenters. The summed E-state index contributed by atoms with van der Waals surface area (Å²) in [7, 11) is 3.10. The Balaban J connectivity index is 1.66. The van der Waals surface area contributed by atoms with Gasteiger partial charge >= 0.3 is 0 Å². The predicted octanol–water partition coefficient (Wildman–Crippen LogP) is 2.52. The van der Waals surface area contributed by atoms with Crippen LogP contribution in [0.15, 0.2) is 36.5 Å². The number of nitrogens with one attached hydrogen (secondary N) is 1. The molecule has 132 valence electrons. The van der Waals surface area contributed by atoms with Gasteiger partial charge in [0.1, 0.15) is 17.6 Å². The number of benzene rings is 1. The summed E-state index contributed by atoms with van der Waals surface area (Å²) in [6.45, 7) is 1.27. The van der Waals surface area contributed by atoms with Gasteiger partial charge in [0.2, 0.25) is 5.88 Å². The molecule has 7 nitrogen and oxygen atoms in total. The van der Waals surface area contributed by atoms with Crippen molar-refractivity contribution < 1.29 is 23.7 Å². The number of pyridine rings is 1. The first kappa shape index (κ1) is 17.0. The molecule has 1 aromatic carbocycles. The maximum atomic E-state index is 12.4. The molecule has 0 spiro atoms. The third-order valence-corrected chi connectivity index (χ3v) is 3.83. The summed E-state index contributed by atoms with van der Waals surface area (Å²) < 4.78 is 21.4. The van der Waals surface area contributed by atoms with Gasteiger partial charge in [0.05, 0.1) is 38.7 Å². The Labute approximate surface area is 145 Å². The number of amides is 1. The van der Waals surface area contributed by atoms with Crippen molar-refractivity contribution in [2.75, 3.05) is 32.8 Å². The van der Waals surface area contributed by atoms with E-state index in [1.165, 1.54) is 13.3 Å². The molecule has 1 saturated heterocycles. The van der Waals surface area contributed by atoms with Crippen molar-refractivity contribution in [3.8, 4) is 17.4 Å². The standard InChI is InChI=1S/C18H20N2O5/c1-22-13-4-5-15(16(9-13)23-2)20-18(21)12-3-6-17(19-10-12)25-14-7-8-24-11-14/h3-6,9-10,14H,7-8,11H2,1-2H3,(H,20,21). The van der Waals surface area contributed by atoms with Gasteiger partial charge in [-0.25, -0.2) is 4.98 Å². The lowest BCUT2D eigenvalue weighted by Gasteiger charge is -2.12. The van der Waals surface area contributed by atoms with E-state index in [1.54, 1.807) is 37.4 Å². The van der Waals surface area contributed by atoms with E-state index in [9.17, 15) is 4.79 Å². The third-order valence-electron chi connectivity index (χ3n) is 3.83. The fourth-order valence-electron chi connectivity index (χ4n) is 2.46. The first-order valence-electron chi connectivity index (χ1n) is 7.93. The lowest BCUT2D eigenvalue weighted by atomic mass is 10.2. The highest BCUT2D eigenvalue weighted by atomic mass is 16.5. The molecule has 1 fully saturated rings. The Morgan fingerprint density at radius 3 is 2.76 bits per heavy atom. The van der Waals surface area contributed by atoms with Crippen molar-refractivity contribution in [1.29, 1.82) is 0 Å². The minimum absolute atomic E-state index is 0.0238. The van der Waals surface area contributed by atoms with Gasteiger partial charge in [-0.05, 0) is 18.2 Å². The molecule has 1 aliphatic rings. The molecule has 1 amide bonds. The van der Waals surface area contributed by atoms with Gasteiger partial charge in [0, 0.05) is 24.8 Å². The Morgan fingerprint density at radius 1 is 1.24 bits per heavy atom. The molecule has 1 N–H and O–H groups in total. The van der Waals surface area contributed by atoms with Crippen LogP contribution in [-0.4, -0.2) is 44.4 Å². The number of aromatic nitrogens is 1. The van der Waals surface area contributed by atoms with Gasteiger partial charge in [-0.1, -0.05) is 0 Å². The number of rotatable bonds is 6. The van der Waals surface area contributed by atoms with Crippen LogP contribution in [0.25, 0.3) is 0 Å². The number of methoxy groups -OCH3 is 2. The molecular weight excluding hydrogens is 324 g/mol. The maximum Gasteiger partial charge on any atom is 0.257 e. The van der Waals surface area contributed by atoms with Crippen molar-refractivity contribution in [2.45, 2.75) is 12.5 Å². The quantitative estimate of drug-likeness (QED) is 0.867. The zero-order valence-electron chi connectivity index (χ0n) is 14.2. The van der Waals surface area contributed by atoms with Crippen LogP contribution in [0.1, 0.15) is 16.8 Å². The second kappa shape index (κ2) is 7.85. The Kier molecular flexibility index (Phi) is 5.35. The fraction of sp³-hybridized carbons (Fsp3) is 0.333. The third kappa shape index (κ3) is 4.19. The van der Waals surface area contributed by atoms with Crippen molar-refractivity contribution in [1.82, 2.24) is 4.98 Å². The van der Waals surface area contributed by atoms with Crippen LogP contribution in [0.5, 0.6) is 17.4 Å². The average molecular weight is 344 g/mol. The van der Waals surface area contributed by atoms with Crippen LogP contribution in [0.3, 0.4) is 0 Å². The van der Waals surface area contributed by atoms with Gasteiger partial charge in [-0.3, -0.25) is 4.79 Å². The number of ether oxygens (including phenoxy) is 4. The second-order valence-electron chi connectivity index (χ2n) is 5.51. The monoisotopic (exact) mass is 344 g/mol. The van der Waals surface area contributed by atoms with E-state index in [2.05, 4.69) is 10.3 Å². The summed E-state index contributed by atoms with van der Waals surface area (Å²) in [6.07, 6.45) is 2.35. The molecule has 2 heterocycles. The van der Waals surface area contributed by atoms with E-state index in [-0.39, 0.29) is 12.0 Å². The molecule has 2 aromatic rings. The molecule has 25 heavy (non-hydrogen) atoms. The molecule has 0 bridgehead atoms. The van der Waals surface area contributed by atoms with E-state index in [1.807, 2.05) is 0 Å². The minimum atomic E-state index is -0.285. The van der Waals surface area contributed by atoms with Crippen LogP contribution >= 0.6 is 0 Å². The summed E-state index contributed by atoms with van der Waals surface area (Å²) >= 11 is 0. The number of anilines is 1. The van der Waals surface area contributed by atoms with E-state index in [0.29, 0.717) is 41.8 Å². The van der Waals surface area contributed by atoms with Crippen LogP contribution in [0, 0.1) is 0 Å². The van der Waals surface area contributed by atoms with Crippen molar-refractivity contribution in [3.63, 3.8) is 0 Å². The largest absolute Gasteiger partial charge is 0.497 e. The Bertz CT molecular complexity index is 727. The van der Waals surface area contributed by atoms with Crippen LogP contribution < -0.4 is 19.5 Å². The molecule has 3 rings (SSSR count). The smallest absolute Gasteiger partial charge is 0.257 e. The first-order chi connectivity index (χ1) is 12.2. The number of carbonyl (C=O) groups is 1. The Morgan fingerprint density at radius 2 is 2.12 bits per heavy atom. The van der Waals surface area contributed by atoms with Crippen LogP contribution in [0.4, 0.5) is 5.69 Å². The van der Waals surface area contributed by atoms with Gasteiger partial charge in [0.25, 0.3) is 5.91 Å². The molecule has 1 aromatic heterocycles. The van der Waals surface area contributed by atoms with Crippen molar-refractivity contribution in [3.05, 3.63) is 42.1 Å². The minimum Gasteiger partial charge on any atom is -0.497 e. The molecule has 0 radical (unpaired) electrons. The lowest BCUT2D eigenvalue weighted by molar-refractivity contribution is 0.102. The van der Waals surface area contributed by atoms with E-state index in [4.69, 9.17) is 18.9 Å². The topological polar surface area (TPSA) is 78.9 Å². The van der Waals surface area contributed by atoms with E-state index in [0.717, 1.165) is 6.42 Å². The molecule has 0 saturated carbocycles. The normalized spacial score (nSPS) is 16.3. The van der Waals surface area contributed by atoms with Gasteiger partial charge in [-0.2, -0.15) is 0 Å². The van der Waals surface area contributed by atoms with Crippen molar-refractivity contribution >= 4 is 11.6 Å². The second-order valence-corrected chi connectivity index (χ2v) is 5.51. The zero-order chi connectivity index (χ0) is 17.6. The molecular formula is C18H20N2O5. The van der Waals surface area contributed by atoms with Crippen molar-refractivity contribution in [2.24, 2.45) is 0 Å². The van der Waals surface area contributed by atoms with Crippen LogP contribution in [-0.2, 0) is 4.74 Å². The van der Waals surface area contributed by atoms with Crippen LogP contribution in [0.2, 0.25) is 0 Å². The van der Waals surface area contributed by atoms with Gasteiger partial charge in [0.15, 0.2) is 0 Å². The number of carbonyl (C=O) groups excluding carboxylic acids is 1. The average Bonchev–Trinajstić information content (AvgIpc) is 3.15. The SMILES string of the molecule is COc1ccc(NC(=O)c2ccc(OC3CCOC3)nc2)c(OC)c1. The Hall–Kier alpha value is -2.80. The summed E-state index contributed by atoms with van der Waals surface area (Å²) in [5.41, 5.74) is 0.977. The summed E-state index contributed by atoms with van der Waals surface area (Å²) in [5, 5.41) is 2.80. The van der Waals surface area contributed by atoms with E-state index >= 15 is 0 Å². The van der Waals surface area contributed by atoms with E-state index < -0.39 is 0 Å². The highest BCUT2D eigenvalue weighted by molar-refractivity contribution is 6.04. The highest BCUT2D eigenvalue weighted by Crippen LogP contribution is 2.29. The lowest BCUT2D eigenvalue weighted by Crippen LogP contribution is -2.17. The maximum absolute atomic E-state index is 12.4.